The minimum Gasteiger partial charge on any atom is -0.417 e. The summed E-state index contributed by atoms with van der Waals surface area (Å²) in [6.07, 6.45) is 4.35. The van der Waals surface area contributed by atoms with Crippen molar-refractivity contribution in [2.24, 2.45) is 5.92 Å². The highest BCUT2D eigenvalue weighted by atomic mass is 28.4. The van der Waals surface area contributed by atoms with E-state index in [9.17, 15) is 5.11 Å². The van der Waals surface area contributed by atoms with Crippen LogP contribution < -0.4 is 0 Å². The molecule has 0 heterocycles. The van der Waals surface area contributed by atoms with E-state index in [0.29, 0.717) is 5.92 Å². The van der Waals surface area contributed by atoms with Gasteiger partial charge in [-0.3, -0.25) is 0 Å². The summed E-state index contributed by atoms with van der Waals surface area (Å²) in [7, 11) is -3.43. The van der Waals surface area contributed by atoms with Gasteiger partial charge in [-0.15, -0.1) is 0 Å². The molecule has 26 heavy (non-hydrogen) atoms. The Morgan fingerprint density at radius 3 is 1.73 bits per heavy atom. The van der Waals surface area contributed by atoms with Crippen LogP contribution in [0.15, 0.2) is 0 Å². The molecule has 158 valence electrons. The maximum absolute atomic E-state index is 9.36. The van der Waals surface area contributed by atoms with Crippen molar-refractivity contribution in [3.05, 3.63) is 0 Å². The van der Waals surface area contributed by atoms with Crippen molar-refractivity contribution in [1.29, 1.82) is 0 Å². The summed E-state index contributed by atoms with van der Waals surface area (Å²) in [5.74, 6) is 0.399. The molecule has 0 amide bonds. The van der Waals surface area contributed by atoms with E-state index in [1.807, 2.05) is 0 Å². The molecule has 0 saturated heterocycles. The summed E-state index contributed by atoms with van der Waals surface area (Å²) >= 11 is 0. The first-order valence-corrected chi connectivity index (χ1v) is 16.3. The molecule has 0 aromatic carbocycles. The maximum atomic E-state index is 9.36. The zero-order valence-electron chi connectivity index (χ0n) is 19.7. The van der Waals surface area contributed by atoms with Gasteiger partial charge in [0, 0.05) is 19.3 Å². The first-order valence-electron chi connectivity index (χ1n) is 10.5. The normalized spacial score (nSPS) is 16.6. The van der Waals surface area contributed by atoms with E-state index in [0.717, 1.165) is 32.3 Å². The van der Waals surface area contributed by atoms with E-state index in [4.69, 9.17) is 8.85 Å². The molecule has 0 aromatic heterocycles. The lowest BCUT2D eigenvalue weighted by molar-refractivity contribution is 0.0954. The molecule has 0 saturated carbocycles. The number of hydrogen-bond acceptors (Lipinski definition) is 3. The predicted molar refractivity (Wildman–Crippen MR) is 120 cm³/mol. The van der Waals surface area contributed by atoms with E-state index in [1.165, 1.54) is 0 Å². The third kappa shape index (κ3) is 8.55. The Kier molecular flexibility index (Phi) is 10.3. The minimum absolute atomic E-state index is 0.218. The van der Waals surface area contributed by atoms with Crippen LogP contribution in [0.25, 0.3) is 0 Å². The summed E-state index contributed by atoms with van der Waals surface area (Å²) in [6.45, 7) is 26.4. The highest BCUT2D eigenvalue weighted by Crippen LogP contribution is 2.39. The maximum Gasteiger partial charge on any atom is 0.192 e. The van der Waals surface area contributed by atoms with Gasteiger partial charge in [-0.1, -0.05) is 48.5 Å². The minimum atomic E-state index is -1.79. The number of hydrogen-bond donors (Lipinski definition) is 1. The highest BCUT2D eigenvalue weighted by molar-refractivity contribution is 6.74. The third-order valence-electron chi connectivity index (χ3n) is 6.62. The van der Waals surface area contributed by atoms with Gasteiger partial charge in [0.1, 0.15) is 0 Å². The first kappa shape index (κ1) is 26.3. The quantitative estimate of drug-likeness (QED) is 0.312. The second-order valence-electron chi connectivity index (χ2n) is 11.0. The average Bonchev–Trinajstić information content (AvgIpc) is 2.43. The molecule has 0 aliphatic carbocycles. The van der Waals surface area contributed by atoms with Crippen molar-refractivity contribution in [2.45, 2.75) is 117 Å². The molecule has 0 aromatic rings. The van der Waals surface area contributed by atoms with Crippen LogP contribution in [0.4, 0.5) is 0 Å². The van der Waals surface area contributed by atoms with Gasteiger partial charge in [0.25, 0.3) is 0 Å². The molecule has 5 heteroatoms. The SMILES string of the molecule is C[C@@H](CCO)[C@H](CCCCO[Si](C)(C)C(C)(C)C)O[Si](C)(C)C(C)(C)C. The Labute approximate surface area is 166 Å². The second-order valence-corrected chi connectivity index (χ2v) is 20.6. The Morgan fingerprint density at radius 2 is 1.31 bits per heavy atom. The number of unbranched alkanes of at least 4 members (excludes halogenated alkanes) is 1. The van der Waals surface area contributed by atoms with Crippen molar-refractivity contribution < 1.29 is 14.0 Å². The molecule has 0 fully saturated rings. The Balaban J connectivity index is 4.63. The van der Waals surface area contributed by atoms with Gasteiger partial charge >= 0.3 is 0 Å². The Hall–Kier alpha value is 0.314. The van der Waals surface area contributed by atoms with Crippen LogP contribution in [0, 0.1) is 5.92 Å². The third-order valence-corrected chi connectivity index (χ3v) is 15.7. The van der Waals surface area contributed by atoms with Crippen LogP contribution in [-0.4, -0.2) is 41.1 Å². The van der Waals surface area contributed by atoms with Crippen LogP contribution in [-0.2, 0) is 8.85 Å². The Morgan fingerprint density at radius 1 is 0.808 bits per heavy atom. The number of aliphatic hydroxyl groups excluding tert-OH is 1. The van der Waals surface area contributed by atoms with Crippen molar-refractivity contribution in [3.8, 4) is 0 Å². The number of rotatable bonds is 11. The fourth-order valence-electron chi connectivity index (χ4n) is 2.40. The fraction of sp³-hybridized carbons (Fsp3) is 1.00. The van der Waals surface area contributed by atoms with E-state index in [1.54, 1.807) is 0 Å². The molecule has 0 aliphatic heterocycles. The molecule has 0 radical (unpaired) electrons. The summed E-state index contributed by atoms with van der Waals surface area (Å²) in [5.41, 5.74) is 0. The van der Waals surface area contributed by atoms with Crippen molar-refractivity contribution in [2.75, 3.05) is 13.2 Å². The van der Waals surface area contributed by atoms with Crippen LogP contribution in [0.3, 0.4) is 0 Å². The monoisotopic (exact) mass is 404 g/mol. The van der Waals surface area contributed by atoms with Gasteiger partial charge in [-0.2, -0.15) is 0 Å². The van der Waals surface area contributed by atoms with E-state index >= 15 is 0 Å². The molecule has 0 aliphatic rings. The highest BCUT2D eigenvalue weighted by Gasteiger charge is 2.40. The van der Waals surface area contributed by atoms with Gasteiger partial charge in [0.2, 0.25) is 0 Å². The van der Waals surface area contributed by atoms with Crippen LogP contribution in [0.2, 0.25) is 36.3 Å². The Bertz CT molecular complexity index is 395. The first-order chi connectivity index (χ1) is 11.5. The van der Waals surface area contributed by atoms with Crippen molar-refractivity contribution in [3.63, 3.8) is 0 Å². The molecular formula is C21H48O3Si2. The summed E-state index contributed by atoms with van der Waals surface area (Å²) in [4.78, 5) is 0. The van der Waals surface area contributed by atoms with Crippen LogP contribution in [0.1, 0.15) is 74.1 Å². The average molecular weight is 405 g/mol. The summed E-state index contributed by atoms with van der Waals surface area (Å²) in [5, 5.41) is 9.85. The molecule has 0 bridgehead atoms. The van der Waals surface area contributed by atoms with Crippen molar-refractivity contribution in [1.82, 2.24) is 0 Å². The van der Waals surface area contributed by atoms with Gasteiger partial charge < -0.3 is 14.0 Å². The zero-order valence-corrected chi connectivity index (χ0v) is 21.7. The molecule has 3 nitrogen and oxygen atoms in total. The van der Waals surface area contributed by atoms with E-state index in [2.05, 4.69) is 74.7 Å². The van der Waals surface area contributed by atoms with Crippen LogP contribution in [0.5, 0.6) is 0 Å². The number of aliphatic hydroxyl groups is 1. The van der Waals surface area contributed by atoms with Gasteiger partial charge in [-0.05, 0) is 67.9 Å². The topological polar surface area (TPSA) is 38.7 Å². The van der Waals surface area contributed by atoms with E-state index in [-0.39, 0.29) is 22.8 Å². The van der Waals surface area contributed by atoms with Gasteiger partial charge in [0.15, 0.2) is 16.6 Å². The molecule has 2 atom stereocenters. The summed E-state index contributed by atoms with van der Waals surface area (Å²) in [6, 6.07) is 0. The van der Waals surface area contributed by atoms with Crippen LogP contribution >= 0.6 is 0 Å². The van der Waals surface area contributed by atoms with Crippen molar-refractivity contribution >= 4 is 16.6 Å². The largest absolute Gasteiger partial charge is 0.417 e. The molecule has 0 rings (SSSR count). The fourth-order valence-corrected chi connectivity index (χ4v) is 4.94. The molecular weight excluding hydrogens is 356 g/mol. The zero-order chi connectivity index (χ0) is 20.8. The lowest BCUT2D eigenvalue weighted by atomic mass is 9.97. The second kappa shape index (κ2) is 10.2. The smallest absolute Gasteiger partial charge is 0.192 e. The predicted octanol–water partition coefficient (Wildman–Crippen LogP) is 6.59. The molecule has 0 unspecified atom stereocenters. The molecule has 1 N–H and O–H groups in total. The van der Waals surface area contributed by atoms with Gasteiger partial charge in [-0.25, -0.2) is 0 Å². The van der Waals surface area contributed by atoms with Gasteiger partial charge in [0.05, 0.1) is 0 Å². The standard InChI is InChI=1S/C21H48O3Si2/c1-18(15-16-22)19(24-26(10,11)21(5,6)7)14-12-13-17-23-25(8,9)20(2,3)4/h18-19,22H,12-17H2,1-11H3/t18-,19-/m0/s1. The molecule has 0 spiro atoms. The lowest BCUT2D eigenvalue weighted by Gasteiger charge is -2.41. The van der Waals surface area contributed by atoms with E-state index < -0.39 is 16.6 Å². The lowest BCUT2D eigenvalue weighted by Crippen LogP contribution is -2.45. The summed E-state index contributed by atoms with van der Waals surface area (Å²) < 4.78 is 13.0.